The fraction of sp³-hybridized carbons (Fsp3) is 0.648. The molecule has 3 N–H and O–H groups in total. The summed E-state index contributed by atoms with van der Waals surface area (Å²) >= 11 is 0. The Morgan fingerprint density at radius 3 is 2.28 bits per heavy atom. The lowest BCUT2D eigenvalue weighted by molar-refractivity contribution is -0.137. The molecule has 2 aliphatic carbocycles. The van der Waals surface area contributed by atoms with Gasteiger partial charge in [0.2, 0.25) is 29.5 Å². The molecule has 5 amide bonds. The van der Waals surface area contributed by atoms with Crippen LogP contribution in [0.2, 0.25) is 0 Å². The van der Waals surface area contributed by atoms with E-state index in [2.05, 4.69) is 66.6 Å². The molecule has 0 radical (unpaired) electrons. The van der Waals surface area contributed by atoms with E-state index in [9.17, 15) is 37.1 Å². The average molecular weight is 1050 g/mol. The van der Waals surface area contributed by atoms with E-state index in [1.165, 1.54) is 12.4 Å². The number of alkyl halides is 3. The van der Waals surface area contributed by atoms with Gasteiger partial charge in [0, 0.05) is 99.0 Å². The van der Waals surface area contributed by atoms with Crippen molar-refractivity contribution in [2.45, 2.75) is 127 Å². The quantitative estimate of drug-likeness (QED) is 0.0975. The van der Waals surface area contributed by atoms with Gasteiger partial charge in [-0.3, -0.25) is 29.0 Å². The number of rotatable bonds is 20. The number of nitrogens with zero attached hydrogens (tertiary/aromatic N) is 8. The predicted octanol–water partition coefficient (Wildman–Crippen LogP) is 5.29. The molecule has 3 aliphatic heterocycles. The first kappa shape index (κ1) is 55.6. The van der Waals surface area contributed by atoms with Gasteiger partial charge in [0.05, 0.1) is 49.5 Å². The van der Waals surface area contributed by atoms with Crippen molar-refractivity contribution in [3.63, 3.8) is 0 Å². The summed E-state index contributed by atoms with van der Waals surface area (Å²) in [6.45, 7) is 8.47. The third kappa shape index (κ3) is 13.9. The van der Waals surface area contributed by atoms with Crippen LogP contribution in [0.3, 0.4) is 0 Å². The molecule has 3 aromatic rings. The second-order valence-corrected chi connectivity index (χ2v) is 21.2. The smallest absolute Gasteiger partial charge is 0.377 e. The number of carbonyl (C=O) groups is 5. The van der Waals surface area contributed by atoms with Crippen molar-refractivity contribution in [2.24, 2.45) is 28.7 Å². The standard InChI is InChI=1S/C54H74F3N11O7/c1-34(2)65(3)41-12-14-46(68-23-17-45(53(68)73)64-49-42-29-39(54(55,56)57)9-13-44(42)62-33-63-49)38(28-41)32-61-51(71)35-7-10-40(11-8-35)67-21-15-36(16-22-67)50(70)59-19-24-74-26-27-75-25-20-60-52(72)43-30-47(69)66(4)48(43)37-6-5-18-58-31-37/h5-6,9,13,18,29,31-36,38,40-41,43,45-46,48H,7-8,10-12,14-17,19-28,30H2,1-4H3,(H,59,70)(H,60,72)(H,62,63,64)/t35-,38?,40+,41-,43+,45+,46+,48-/m1/s1. The van der Waals surface area contributed by atoms with Crippen molar-refractivity contribution >= 4 is 52.5 Å². The van der Waals surface area contributed by atoms with Crippen LogP contribution in [0.25, 0.3) is 10.9 Å². The molecule has 5 heterocycles. The number of benzene rings is 1. The molecule has 1 aromatic carbocycles. The number of aromatic nitrogens is 3. The normalized spacial score (nSPS) is 26.3. The highest BCUT2D eigenvalue weighted by Gasteiger charge is 2.44. The Morgan fingerprint density at radius 1 is 0.880 bits per heavy atom. The summed E-state index contributed by atoms with van der Waals surface area (Å²) in [4.78, 5) is 91.6. The van der Waals surface area contributed by atoms with E-state index in [4.69, 9.17) is 9.47 Å². The second-order valence-electron chi connectivity index (χ2n) is 21.2. The molecule has 6 atom stereocenters. The molecular formula is C54H74F3N11O7. The van der Waals surface area contributed by atoms with E-state index in [1.807, 2.05) is 11.0 Å². The first-order chi connectivity index (χ1) is 36.1. The van der Waals surface area contributed by atoms with Crippen LogP contribution in [-0.4, -0.2) is 174 Å². The molecule has 2 aromatic heterocycles. The topological polar surface area (TPSA) is 204 Å². The van der Waals surface area contributed by atoms with Crippen LogP contribution < -0.4 is 16.0 Å². The number of halogens is 3. The molecule has 3 saturated heterocycles. The van der Waals surface area contributed by atoms with Crippen LogP contribution in [-0.2, 0) is 39.6 Å². The molecule has 0 bridgehead atoms. The number of nitrogens with one attached hydrogen (secondary N) is 3. The van der Waals surface area contributed by atoms with Gasteiger partial charge in [-0.25, -0.2) is 15.0 Å². The maximum atomic E-state index is 14.1. The van der Waals surface area contributed by atoms with Gasteiger partial charge < -0.3 is 45.0 Å². The van der Waals surface area contributed by atoms with Crippen LogP contribution in [0.4, 0.5) is 19.0 Å². The predicted molar refractivity (Wildman–Crippen MR) is 275 cm³/mol. The van der Waals surface area contributed by atoms with E-state index >= 15 is 0 Å². The van der Waals surface area contributed by atoms with Crippen molar-refractivity contribution in [2.75, 3.05) is 78.6 Å². The summed E-state index contributed by atoms with van der Waals surface area (Å²) in [6.07, 6.45) is 9.62. The van der Waals surface area contributed by atoms with E-state index in [0.717, 1.165) is 88.6 Å². The molecule has 18 nitrogen and oxygen atoms in total. The maximum absolute atomic E-state index is 14.1. The monoisotopic (exact) mass is 1050 g/mol. The van der Waals surface area contributed by atoms with Gasteiger partial charge >= 0.3 is 6.18 Å². The van der Waals surface area contributed by atoms with Gasteiger partial charge in [-0.1, -0.05) is 6.07 Å². The van der Waals surface area contributed by atoms with Crippen LogP contribution in [0.5, 0.6) is 0 Å². The number of pyridine rings is 1. The first-order valence-electron chi connectivity index (χ1n) is 26.9. The zero-order chi connectivity index (χ0) is 53.2. The molecule has 5 fully saturated rings. The molecule has 8 rings (SSSR count). The maximum Gasteiger partial charge on any atom is 0.416 e. The number of hydrogen-bond acceptors (Lipinski definition) is 13. The van der Waals surface area contributed by atoms with Gasteiger partial charge in [-0.05, 0) is 128 Å². The van der Waals surface area contributed by atoms with Crippen molar-refractivity contribution in [3.8, 4) is 0 Å². The highest BCUT2D eigenvalue weighted by molar-refractivity contribution is 5.94. The van der Waals surface area contributed by atoms with Crippen molar-refractivity contribution in [3.05, 3.63) is 60.2 Å². The summed E-state index contributed by atoms with van der Waals surface area (Å²) in [7, 11) is 3.81. The molecular weight excluding hydrogens is 972 g/mol. The minimum Gasteiger partial charge on any atom is -0.377 e. The lowest BCUT2D eigenvalue weighted by Gasteiger charge is -2.43. The molecule has 408 valence electrons. The molecule has 1 unspecified atom stereocenters. The lowest BCUT2D eigenvalue weighted by atomic mass is 9.80. The minimum atomic E-state index is -4.54. The Kier molecular flexibility index (Phi) is 18.9. The summed E-state index contributed by atoms with van der Waals surface area (Å²) in [5.74, 6) is -1.21. The zero-order valence-corrected chi connectivity index (χ0v) is 43.7. The Labute approximate surface area is 437 Å². The van der Waals surface area contributed by atoms with Crippen LogP contribution in [0, 0.1) is 23.7 Å². The second kappa shape index (κ2) is 25.5. The van der Waals surface area contributed by atoms with Gasteiger partial charge in [-0.2, -0.15) is 13.2 Å². The SMILES string of the molecule is CC(C)N(C)[C@@H]1CC[C@H](N2CC[C@H](Nc3ncnc4ccc(C(F)(F)F)cc34)C2=O)C(C=NC(=O)[C@H]2CC[C@@H](N3CCC(C(=O)NCCOCCOCCNC(=O)[C@H]4CC(=O)N(C)[C@@H]4c4cccnc4)CC3)CC2)C1. The number of aliphatic imine (C=N–C) groups is 1. The molecule has 21 heteroatoms. The van der Waals surface area contributed by atoms with Crippen molar-refractivity contribution in [1.29, 1.82) is 0 Å². The molecule has 75 heavy (non-hydrogen) atoms. The Bertz CT molecular complexity index is 2470. The van der Waals surface area contributed by atoms with E-state index < -0.39 is 23.7 Å². The average Bonchev–Trinajstić information content (AvgIpc) is 3.93. The van der Waals surface area contributed by atoms with Crippen molar-refractivity contribution < 1.29 is 46.6 Å². The Hall–Kier alpha value is -5.64. The van der Waals surface area contributed by atoms with Crippen LogP contribution in [0.15, 0.2) is 54.0 Å². The molecule has 0 spiro atoms. The van der Waals surface area contributed by atoms with Crippen molar-refractivity contribution in [1.82, 2.24) is 45.2 Å². The lowest BCUT2D eigenvalue weighted by Crippen LogP contribution is -2.51. The minimum absolute atomic E-state index is 0.0354. The number of likely N-dealkylation sites (tertiary alicyclic amines) is 3. The summed E-state index contributed by atoms with van der Waals surface area (Å²) in [5.41, 5.74) is 0.353. The van der Waals surface area contributed by atoms with E-state index in [-0.39, 0.29) is 83.0 Å². The number of piperidine rings is 1. The first-order valence-corrected chi connectivity index (χ1v) is 26.9. The van der Waals surface area contributed by atoms with E-state index in [0.29, 0.717) is 70.1 Å². The van der Waals surface area contributed by atoms with Gasteiger partial charge in [0.15, 0.2) is 0 Å². The summed E-state index contributed by atoms with van der Waals surface area (Å²) in [5, 5.41) is 9.25. The van der Waals surface area contributed by atoms with E-state index in [1.54, 1.807) is 36.6 Å². The highest BCUT2D eigenvalue weighted by atomic mass is 19.4. The van der Waals surface area contributed by atoms with Crippen LogP contribution >= 0.6 is 0 Å². The van der Waals surface area contributed by atoms with Gasteiger partial charge in [0.1, 0.15) is 18.2 Å². The number of fused-ring (bicyclic) bond motifs is 1. The number of hydrogen-bond donors (Lipinski definition) is 3. The Balaban J connectivity index is 0.721. The number of carbonyl (C=O) groups excluding carboxylic acids is 5. The third-order valence-electron chi connectivity index (χ3n) is 16.4. The molecule has 2 saturated carbocycles. The highest BCUT2D eigenvalue weighted by Crippen LogP contribution is 2.39. The number of ether oxygens (including phenoxy) is 2. The summed E-state index contributed by atoms with van der Waals surface area (Å²) in [6, 6.07) is 6.68. The Morgan fingerprint density at radius 2 is 1.60 bits per heavy atom. The molecule has 5 aliphatic rings. The summed E-state index contributed by atoms with van der Waals surface area (Å²) < 4.78 is 52.1. The van der Waals surface area contributed by atoms with Gasteiger partial charge in [-0.15, -0.1) is 0 Å². The van der Waals surface area contributed by atoms with Crippen LogP contribution in [0.1, 0.15) is 102 Å². The number of anilines is 1. The van der Waals surface area contributed by atoms with Gasteiger partial charge in [0.25, 0.3) is 0 Å². The largest absolute Gasteiger partial charge is 0.416 e. The fourth-order valence-corrected chi connectivity index (χ4v) is 11.9. The zero-order valence-electron chi connectivity index (χ0n) is 43.7. The number of amides is 5. The third-order valence-corrected chi connectivity index (χ3v) is 16.4. The fourth-order valence-electron chi connectivity index (χ4n) is 11.9.